The maximum Gasteiger partial charge on any atom is 0.407 e. The third-order valence-electron chi connectivity index (χ3n) is 4.55. The highest BCUT2D eigenvalue weighted by Crippen LogP contribution is 2.44. The molecule has 0 radical (unpaired) electrons. The quantitative estimate of drug-likeness (QED) is 0.798. The van der Waals surface area contributed by atoms with Crippen molar-refractivity contribution in [1.82, 2.24) is 5.32 Å². The second-order valence-electron chi connectivity index (χ2n) is 6.20. The molecule has 1 amide bonds. The number of carboxylic acids is 1. The van der Waals surface area contributed by atoms with E-state index in [9.17, 15) is 9.59 Å². The van der Waals surface area contributed by atoms with E-state index in [2.05, 4.69) is 17.4 Å². The van der Waals surface area contributed by atoms with E-state index < -0.39 is 18.0 Å². The molecule has 6 nitrogen and oxygen atoms in total. The minimum absolute atomic E-state index is 0.0256. The fraction of sp³-hybridized carbons (Fsp3) is 0.300. The Kier molecular flexibility index (Phi) is 5.53. The number of ether oxygens (including phenoxy) is 2. The molecule has 136 valence electrons. The first-order chi connectivity index (χ1) is 12.6. The smallest absolute Gasteiger partial charge is 0.407 e. The summed E-state index contributed by atoms with van der Waals surface area (Å²) in [6, 6.07) is 16.1. The van der Waals surface area contributed by atoms with E-state index in [0.29, 0.717) is 0 Å². The van der Waals surface area contributed by atoms with Crippen molar-refractivity contribution in [2.75, 3.05) is 26.9 Å². The van der Waals surface area contributed by atoms with Crippen molar-refractivity contribution >= 4 is 12.1 Å². The van der Waals surface area contributed by atoms with Gasteiger partial charge < -0.3 is 19.9 Å². The SMILES string of the molecule is COCC(CNC(=O)OCC1c2ccccc2-c2ccccc21)C(=O)O. The molecular weight excluding hydrogens is 334 g/mol. The number of aliphatic carboxylic acids is 1. The van der Waals surface area contributed by atoms with Crippen molar-refractivity contribution in [2.24, 2.45) is 5.92 Å². The summed E-state index contributed by atoms with van der Waals surface area (Å²) in [7, 11) is 1.42. The third kappa shape index (κ3) is 3.70. The molecule has 0 heterocycles. The van der Waals surface area contributed by atoms with Gasteiger partial charge in [0.1, 0.15) is 6.61 Å². The van der Waals surface area contributed by atoms with Gasteiger partial charge in [-0.3, -0.25) is 4.79 Å². The largest absolute Gasteiger partial charge is 0.481 e. The average Bonchev–Trinajstić information content (AvgIpc) is 2.97. The fourth-order valence-electron chi connectivity index (χ4n) is 3.27. The maximum atomic E-state index is 12.0. The highest BCUT2D eigenvalue weighted by atomic mass is 16.5. The molecule has 2 N–H and O–H groups in total. The lowest BCUT2D eigenvalue weighted by Gasteiger charge is -2.16. The minimum Gasteiger partial charge on any atom is -0.481 e. The molecule has 26 heavy (non-hydrogen) atoms. The van der Waals surface area contributed by atoms with Gasteiger partial charge >= 0.3 is 12.1 Å². The number of carbonyl (C=O) groups excluding carboxylic acids is 1. The third-order valence-corrected chi connectivity index (χ3v) is 4.55. The van der Waals surface area contributed by atoms with E-state index in [4.69, 9.17) is 14.6 Å². The zero-order chi connectivity index (χ0) is 18.5. The zero-order valence-corrected chi connectivity index (χ0v) is 14.5. The molecule has 0 saturated heterocycles. The molecule has 0 fully saturated rings. The fourth-order valence-corrected chi connectivity index (χ4v) is 3.27. The number of nitrogens with one attached hydrogen (secondary N) is 1. The van der Waals surface area contributed by atoms with Crippen molar-refractivity contribution in [3.05, 3.63) is 59.7 Å². The molecule has 0 spiro atoms. The molecule has 0 bridgehead atoms. The Labute approximate surface area is 151 Å². The summed E-state index contributed by atoms with van der Waals surface area (Å²) in [6.07, 6.45) is -0.630. The Bertz CT molecular complexity index is 759. The molecule has 0 aromatic heterocycles. The summed E-state index contributed by atoms with van der Waals surface area (Å²) in [6.45, 7) is 0.181. The number of rotatable bonds is 7. The summed E-state index contributed by atoms with van der Waals surface area (Å²) in [4.78, 5) is 23.1. The average molecular weight is 355 g/mol. The van der Waals surface area contributed by atoms with Gasteiger partial charge in [-0.25, -0.2) is 4.79 Å². The molecule has 1 aliphatic carbocycles. The first-order valence-electron chi connectivity index (χ1n) is 8.42. The van der Waals surface area contributed by atoms with Gasteiger partial charge in [-0.1, -0.05) is 48.5 Å². The molecule has 2 aromatic carbocycles. The van der Waals surface area contributed by atoms with Crippen LogP contribution in [-0.4, -0.2) is 44.0 Å². The second-order valence-corrected chi connectivity index (χ2v) is 6.20. The standard InChI is InChI=1S/C20H21NO5/c1-25-11-13(19(22)23)10-21-20(24)26-12-18-16-8-4-2-6-14(16)15-7-3-5-9-17(15)18/h2-9,13,18H,10-12H2,1H3,(H,21,24)(H,22,23). The highest BCUT2D eigenvalue weighted by Gasteiger charge is 2.29. The molecule has 0 saturated carbocycles. The molecule has 1 atom stereocenters. The Hall–Kier alpha value is -2.86. The summed E-state index contributed by atoms with van der Waals surface area (Å²) in [5, 5.41) is 11.6. The molecular formula is C20H21NO5. The Morgan fingerprint density at radius 1 is 1.08 bits per heavy atom. The highest BCUT2D eigenvalue weighted by molar-refractivity contribution is 5.79. The summed E-state index contributed by atoms with van der Waals surface area (Å²) in [5.41, 5.74) is 4.57. The van der Waals surface area contributed by atoms with Crippen molar-refractivity contribution in [1.29, 1.82) is 0 Å². The van der Waals surface area contributed by atoms with Crippen LogP contribution < -0.4 is 5.32 Å². The van der Waals surface area contributed by atoms with Gasteiger partial charge in [-0.05, 0) is 22.3 Å². The van der Waals surface area contributed by atoms with E-state index in [0.717, 1.165) is 22.3 Å². The van der Waals surface area contributed by atoms with Crippen LogP contribution in [0.1, 0.15) is 17.0 Å². The molecule has 6 heteroatoms. The van der Waals surface area contributed by atoms with Crippen LogP contribution in [0.2, 0.25) is 0 Å². The molecule has 0 aliphatic heterocycles. The lowest BCUT2D eigenvalue weighted by Crippen LogP contribution is -2.36. The number of benzene rings is 2. The Morgan fingerprint density at radius 2 is 1.65 bits per heavy atom. The van der Waals surface area contributed by atoms with E-state index in [1.165, 1.54) is 7.11 Å². The van der Waals surface area contributed by atoms with Crippen LogP contribution in [0.4, 0.5) is 4.79 Å². The maximum absolute atomic E-state index is 12.0. The lowest BCUT2D eigenvalue weighted by molar-refractivity contribution is -0.143. The van der Waals surface area contributed by atoms with Crippen LogP contribution in [0.25, 0.3) is 11.1 Å². The zero-order valence-electron chi connectivity index (χ0n) is 14.5. The van der Waals surface area contributed by atoms with Gasteiger partial charge in [0.15, 0.2) is 0 Å². The van der Waals surface area contributed by atoms with Crippen LogP contribution in [0, 0.1) is 5.92 Å². The van der Waals surface area contributed by atoms with Gasteiger partial charge in [0.2, 0.25) is 0 Å². The molecule has 2 aromatic rings. The van der Waals surface area contributed by atoms with Crippen molar-refractivity contribution in [3.8, 4) is 11.1 Å². The van der Waals surface area contributed by atoms with Gasteiger partial charge in [-0.2, -0.15) is 0 Å². The van der Waals surface area contributed by atoms with Crippen molar-refractivity contribution in [2.45, 2.75) is 5.92 Å². The van der Waals surface area contributed by atoms with Crippen LogP contribution >= 0.6 is 0 Å². The molecule has 1 aliphatic rings. The number of fused-ring (bicyclic) bond motifs is 3. The topological polar surface area (TPSA) is 84.9 Å². The van der Waals surface area contributed by atoms with Gasteiger partial charge in [0.25, 0.3) is 0 Å². The molecule has 3 rings (SSSR count). The van der Waals surface area contributed by atoms with Gasteiger partial charge in [-0.15, -0.1) is 0 Å². The first-order valence-corrected chi connectivity index (χ1v) is 8.42. The predicted molar refractivity (Wildman–Crippen MR) is 96.1 cm³/mol. The van der Waals surface area contributed by atoms with E-state index in [1.807, 2.05) is 36.4 Å². The van der Waals surface area contributed by atoms with Crippen LogP contribution in [0.5, 0.6) is 0 Å². The number of carboxylic acid groups (broad SMARTS) is 1. The number of hydrogen-bond acceptors (Lipinski definition) is 4. The summed E-state index contributed by atoms with van der Waals surface area (Å²) >= 11 is 0. The summed E-state index contributed by atoms with van der Waals surface area (Å²) in [5.74, 6) is -1.85. The first kappa shape index (κ1) is 17.9. The van der Waals surface area contributed by atoms with Crippen molar-refractivity contribution < 1.29 is 24.2 Å². The Morgan fingerprint density at radius 3 is 2.19 bits per heavy atom. The number of methoxy groups -OCH3 is 1. The minimum atomic E-state index is -1.02. The number of carbonyl (C=O) groups is 2. The van der Waals surface area contributed by atoms with Crippen LogP contribution in [0.15, 0.2) is 48.5 Å². The van der Waals surface area contributed by atoms with Gasteiger partial charge in [0.05, 0.1) is 12.5 Å². The van der Waals surface area contributed by atoms with Gasteiger partial charge in [0, 0.05) is 19.6 Å². The van der Waals surface area contributed by atoms with Crippen LogP contribution in [0.3, 0.4) is 0 Å². The van der Waals surface area contributed by atoms with E-state index >= 15 is 0 Å². The lowest BCUT2D eigenvalue weighted by atomic mass is 9.98. The predicted octanol–water partition coefficient (Wildman–Crippen LogP) is 2.87. The Balaban J connectivity index is 1.63. The van der Waals surface area contributed by atoms with Crippen molar-refractivity contribution in [3.63, 3.8) is 0 Å². The van der Waals surface area contributed by atoms with E-state index in [1.54, 1.807) is 0 Å². The summed E-state index contributed by atoms with van der Waals surface area (Å²) < 4.78 is 10.2. The van der Waals surface area contributed by atoms with Crippen LogP contribution in [-0.2, 0) is 14.3 Å². The monoisotopic (exact) mass is 355 g/mol. The second kappa shape index (κ2) is 8.01. The number of alkyl carbamates (subject to hydrolysis) is 1. The normalized spacial score (nSPS) is 13.6. The number of hydrogen-bond donors (Lipinski definition) is 2. The van der Waals surface area contributed by atoms with E-state index in [-0.39, 0.29) is 25.7 Å². The number of amides is 1. The molecule has 1 unspecified atom stereocenters.